The smallest absolute Gasteiger partial charge is 0.323 e. The van der Waals surface area contributed by atoms with Gasteiger partial charge in [0.1, 0.15) is 12.3 Å². The molecule has 22 heavy (non-hydrogen) atoms. The fraction of sp³-hybridized carbons (Fsp3) is 0.467. The van der Waals surface area contributed by atoms with Crippen LogP contribution in [0.15, 0.2) is 18.2 Å². The number of aliphatic hydroxyl groups excluding tert-OH is 1. The molecule has 2 unspecified atom stereocenters. The summed E-state index contributed by atoms with van der Waals surface area (Å²) in [7, 11) is 2.56. The van der Waals surface area contributed by atoms with Crippen LogP contribution in [-0.4, -0.2) is 42.2 Å². The number of benzene rings is 1. The topological polar surface area (TPSA) is 76.1 Å². The summed E-state index contributed by atoms with van der Waals surface area (Å²) in [6, 6.07) is 4.50. The number of fused-ring (bicyclic) bond motifs is 1. The standard InChI is InChI=1S/C15H18ClNO5/c1-21-13(18)7-6-12(15(20)22-2)17-8-10-9(14(17)19)4-3-5-11(10)16/h3-5,12,14,19H,6-8H2,1-2H3. The minimum absolute atomic E-state index is 0.0591. The predicted octanol–water partition coefficient (Wildman–Crippen LogP) is 1.64. The Morgan fingerprint density at radius 1 is 1.41 bits per heavy atom. The fourth-order valence-corrected chi connectivity index (χ4v) is 2.87. The van der Waals surface area contributed by atoms with E-state index in [0.29, 0.717) is 17.1 Å². The molecule has 0 saturated heterocycles. The zero-order valence-electron chi connectivity index (χ0n) is 12.4. The molecule has 1 N–H and O–H groups in total. The number of esters is 2. The molecule has 2 atom stereocenters. The third kappa shape index (κ3) is 3.24. The molecule has 6 nitrogen and oxygen atoms in total. The van der Waals surface area contributed by atoms with E-state index in [1.54, 1.807) is 23.1 Å². The summed E-state index contributed by atoms with van der Waals surface area (Å²) in [6.07, 6.45) is -0.707. The van der Waals surface area contributed by atoms with Crippen LogP contribution in [0.5, 0.6) is 0 Å². The van der Waals surface area contributed by atoms with Crippen molar-refractivity contribution in [3.63, 3.8) is 0 Å². The molecule has 0 saturated carbocycles. The van der Waals surface area contributed by atoms with Gasteiger partial charge in [-0.25, -0.2) is 0 Å². The largest absolute Gasteiger partial charge is 0.469 e. The fourth-order valence-electron chi connectivity index (χ4n) is 2.62. The van der Waals surface area contributed by atoms with Gasteiger partial charge in [0, 0.05) is 23.6 Å². The Morgan fingerprint density at radius 2 is 2.14 bits per heavy atom. The maximum Gasteiger partial charge on any atom is 0.323 e. The molecule has 1 aliphatic heterocycles. The van der Waals surface area contributed by atoms with E-state index in [-0.39, 0.29) is 12.8 Å². The van der Waals surface area contributed by atoms with Crippen LogP contribution in [0.3, 0.4) is 0 Å². The van der Waals surface area contributed by atoms with E-state index < -0.39 is 24.2 Å². The molecule has 0 aromatic heterocycles. The van der Waals surface area contributed by atoms with Gasteiger partial charge in [-0.3, -0.25) is 14.5 Å². The van der Waals surface area contributed by atoms with Crippen molar-refractivity contribution in [2.75, 3.05) is 14.2 Å². The first kappa shape index (κ1) is 16.7. The minimum Gasteiger partial charge on any atom is -0.469 e. The van der Waals surface area contributed by atoms with Crippen molar-refractivity contribution in [1.29, 1.82) is 0 Å². The lowest BCUT2D eigenvalue weighted by molar-refractivity contribution is -0.153. The molecule has 7 heteroatoms. The maximum absolute atomic E-state index is 12.0. The summed E-state index contributed by atoms with van der Waals surface area (Å²) in [4.78, 5) is 24.9. The van der Waals surface area contributed by atoms with Gasteiger partial charge in [0.05, 0.1) is 14.2 Å². The highest BCUT2D eigenvalue weighted by molar-refractivity contribution is 6.31. The molecule has 1 aliphatic rings. The van der Waals surface area contributed by atoms with E-state index in [4.69, 9.17) is 16.3 Å². The summed E-state index contributed by atoms with van der Waals surface area (Å²) in [5.41, 5.74) is 1.45. The van der Waals surface area contributed by atoms with Crippen molar-refractivity contribution in [1.82, 2.24) is 4.90 Å². The molecule has 0 radical (unpaired) electrons. The number of nitrogens with zero attached hydrogens (tertiary/aromatic N) is 1. The van der Waals surface area contributed by atoms with E-state index >= 15 is 0 Å². The van der Waals surface area contributed by atoms with Gasteiger partial charge in [-0.2, -0.15) is 0 Å². The number of carbonyl (C=O) groups excluding carboxylic acids is 2. The Morgan fingerprint density at radius 3 is 2.73 bits per heavy atom. The van der Waals surface area contributed by atoms with Crippen molar-refractivity contribution in [2.45, 2.75) is 31.7 Å². The van der Waals surface area contributed by atoms with E-state index in [1.807, 2.05) is 0 Å². The summed E-state index contributed by atoms with van der Waals surface area (Å²) in [5.74, 6) is -0.926. The first-order valence-corrected chi connectivity index (χ1v) is 7.23. The number of methoxy groups -OCH3 is 2. The van der Waals surface area contributed by atoms with Gasteiger partial charge in [0.15, 0.2) is 0 Å². The maximum atomic E-state index is 12.0. The third-order valence-electron chi connectivity index (χ3n) is 3.81. The van der Waals surface area contributed by atoms with Gasteiger partial charge in [0.2, 0.25) is 0 Å². The SMILES string of the molecule is COC(=O)CCC(C(=O)OC)N1Cc2c(Cl)cccc2C1O. The molecule has 0 fully saturated rings. The molecule has 0 aliphatic carbocycles. The molecule has 2 rings (SSSR count). The quantitative estimate of drug-likeness (QED) is 0.829. The Balaban J connectivity index is 2.21. The second kappa shape index (κ2) is 7.09. The molecular formula is C15H18ClNO5. The average molecular weight is 328 g/mol. The molecule has 0 bridgehead atoms. The molecule has 1 aromatic carbocycles. The normalized spacial score (nSPS) is 18.6. The Labute approximate surface area is 133 Å². The van der Waals surface area contributed by atoms with Gasteiger partial charge in [-0.05, 0) is 18.1 Å². The van der Waals surface area contributed by atoms with Crippen LogP contribution < -0.4 is 0 Å². The van der Waals surface area contributed by atoms with Crippen LogP contribution in [0.25, 0.3) is 0 Å². The second-order valence-corrected chi connectivity index (χ2v) is 5.41. The number of halogens is 1. The summed E-state index contributed by atoms with van der Waals surface area (Å²) in [6.45, 7) is 0.317. The van der Waals surface area contributed by atoms with Gasteiger partial charge in [-0.1, -0.05) is 23.7 Å². The molecule has 1 heterocycles. The van der Waals surface area contributed by atoms with Gasteiger partial charge in [0.25, 0.3) is 0 Å². The Hall–Kier alpha value is -1.63. The lowest BCUT2D eigenvalue weighted by Crippen LogP contribution is -2.41. The summed E-state index contributed by atoms with van der Waals surface area (Å²) in [5, 5.41) is 11.0. The van der Waals surface area contributed by atoms with Crippen LogP contribution in [-0.2, 0) is 25.6 Å². The lowest BCUT2D eigenvalue weighted by Gasteiger charge is -2.28. The number of aliphatic hydroxyl groups is 1. The highest BCUT2D eigenvalue weighted by Gasteiger charge is 2.38. The van der Waals surface area contributed by atoms with Gasteiger partial charge in [-0.15, -0.1) is 0 Å². The first-order valence-electron chi connectivity index (χ1n) is 6.85. The number of hydrogen-bond donors (Lipinski definition) is 1. The molecule has 1 aromatic rings. The van der Waals surface area contributed by atoms with Crippen molar-refractivity contribution < 1.29 is 24.2 Å². The van der Waals surface area contributed by atoms with Crippen LogP contribution in [0, 0.1) is 0 Å². The van der Waals surface area contributed by atoms with E-state index in [2.05, 4.69) is 4.74 Å². The van der Waals surface area contributed by atoms with E-state index in [9.17, 15) is 14.7 Å². The Bertz CT molecular complexity index is 577. The molecule has 120 valence electrons. The van der Waals surface area contributed by atoms with Crippen LogP contribution >= 0.6 is 11.6 Å². The lowest BCUT2D eigenvalue weighted by atomic mass is 10.1. The molecule has 0 amide bonds. The van der Waals surface area contributed by atoms with Crippen molar-refractivity contribution in [3.05, 3.63) is 34.3 Å². The Kier molecular flexibility index (Phi) is 5.39. The average Bonchev–Trinajstić information content (AvgIpc) is 2.86. The number of hydrogen-bond acceptors (Lipinski definition) is 6. The first-order chi connectivity index (χ1) is 10.5. The summed E-state index contributed by atoms with van der Waals surface area (Å²) < 4.78 is 9.38. The van der Waals surface area contributed by atoms with Crippen molar-refractivity contribution in [3.8, 4) is 0 Å². The third-order valence-corrected chi connectivity index (χ3v) is 4.17. The minimum atomic E-state index is -0.963. The van der Waals surface area contributed by atoms with Gasteiger partial charge >= 0.3 is 11.9 Å². The van der Waals surface area contributed by atoms with Crippen LogP contribution in [0.2, 0.25) is 5.02 Å². The van der Waals surface area contributed by atoms with E-state index in [1.165, 1.54) is 14.2 Å². The number of carbonyl (C=O) groups is 2. The van der Waals surface area contributed by atoms with Crippen molar-refractivity contribution in [2.24, 2.45) is 0 Å². The van der Waals surface area contributed by atoms with Crippen molar-refractivity contribution >= 4 is 23.5 Å². The van der Waals surface area contributed by atoms with Gasteiger partial charge < -0.3 is 14.6 Å². The molecular weight excluding hydrogens is 310 g/mol. The molecule has 0 spiro atoms. The van der Waals surface area contributed by atoms with Crippen LogP contribution in [0.4, 0.5) is 0 Å². The zero-order valence-corrected chi connectivity index (χ0v) is 13.2. The van der Waals surface area contributed by atoms with Crippen LogP contribution in [0.1, 0.15) is 30.2 Å². The second-order valence-electron chi connectivity index (χ2n) is 5.01. The summed E-state index contributed by atoms with van der Waals surface area (Å²) >= 11 is 6.14. The monoisotopic (exact) mass is 327 g/mol. The highest BCUT2D eigenvalue weighted by Crippen LogP contribution is 2.38. The zero-order chi connectivity index (χ0) is 16.3. The number of rotatable bonds is 5. The van der Waals surface area contributed by atoms with E-state index in [0.717, 1.165) is 5.56 Å². The predicted molar refractivity (Wildman–Crippen MR) is 79.0 cm³/mol. The number of ether oxygens (including phenoxy) is 2. The highest BCUT2D eigenvalue weighted by atomic mass is 35.5.